The standard InChI is InChI=1S/C19H29F6NO4/c1-5-16(3,4)30-15(28)26-9-7-13(8-10-26)29-14(27)19(24,25)12-18(22,23)11-17(20,21)6-2/h13H,5-12H2,1-4H3. The van der Waals surface area contributed by atoms with E-state index in [0.717, 1.165) is 6.92 Å². The highest BCUT2D eigenvalue weighted by Gasteiger charge is 2.53. The van der Waals surface area contributed by atoms with E-state index in [9.17, 15) is 35.9 Å². The fraction of sp³-hybridized carbons (Fsp3) is 0.895. The van der Waals surface area contributed by atoms with Crippen molar-refractivity contribution in [1.29, 1.82) is 0 Å². The molecule has 0 spiro atoms. The number of rotatable bonds is 9. The summed E-state index contributed by atoms with van der Waals surface area (Å²) in [4.78, 5) is 25.1. The number of nitrogens with zero attached hydrogens (tertiary/aromatic N) is 1. The van der Waals surface area contributed by atoms with E-state index in [1.54, 1.807) is 13.8 Å². The van der Waals surface area contributed by atoms with Crippen molar-refractivity contribution in [1.82, 2.24) is 4.90 Å². The maximum absolute atomic E-state index is 13.9. The molecule has 1 rings (SSSR count). The van der Waals surface area contributed by atoms with Gasteiger partial charge in [0, 0.05) is 32.4 Å². The number of hydrogen-bond donors (Lipinski definition) is 0. The molecule has 1 aliphatic rings. The Morgan fingerprint density at radius 3 is 1.90 bits per heavy atom. The molecule has 0 radical (unpaired) electrons. The summed E-state index contributed by atoms with van der Waals surface area (Å²) in [6, 6.07) is 0. The van der Waals surface area contributed by atoms with Crippen LogP contribution in [0.25, 0.3) is 0 Å². The van der Waals surface area contributed by atoms with Gasteiger partial charge in [-0.1, -0.05) is 13.8 Å². The summed E-state index contributed by atoms with van der Waals surface area (Å²) in [6.45, 7) is 6.39. The smallest absolute Gasteiger partial charge is 0.410 e. The molecule has 1 amide bonds. The van der Waals surface area contributed by atoms with E-state index in [-0.39, 0.29) is 25.9 Å². The summed E-state index contributed by atoms with van der Waals surface area (Å²) in [5, 5.41) is 0. The lowest BCUT2D eigenvalue weighted by atomic mass is 10.0. The van der Waals surface area contributed by atoms with Crippen molar-refractivity contribution in [3.05, 3.63) is 0 Å². The second-order valence-corrected chi connectivity index (χ2v) is 8.20. The van der Waals surface area contributed by atoms with Crippen LogP contribution >= 0.6 is 0 Å². The van der Waals surface area contributed by atoms with Crippen molar-refractivity contribution >= 4 is 12.1 Å². The van der Waals surface area contributed by atoms with E-state index < -0.39 is 60.8 Å². The average Bonchev–Trinajstić information content (AvgIpc) is 2.60. The van der Waals surface area contributed by atoms with Crippen molar-refractivity contribution in [3.63, 3.8) is 0 Å². The van der Waals surface area contributed by atoms with Crippen molar-refractivity contribution in [2.75, 3.05) is 13.1 Å². The number of hydrogen-bond acceptors (Lipinski definition) is 4. The van der Waals surface area contributed by atoms with Gasteiger partial charge in [-0.05, 0) is 20.3 Å². The molecular formula is C19H29F6NO4. The maximum atomic E-state index is 13.9. The van der Waals surface area contributed by atoms with Crippen LogP contribution in [0.4, 0.5) is 31.1 Å². The van der Waals surface area contributed by atoms with Gasteiger partial charge in [-0.25, -0.2) is 27.2 Å². The lowest BCUT2D eigenvalue weighted by Crippen LogP contribution is -2.46. The number of amides is 1. The zero-order chi connectivity index (χ0) is 23.4. The van der Waals surface area contributed by atoms with Crippen molar-refractivity contribution < 1.29 is 45.4 Å². The van der Waals surface area contributed by atoms with Crippen LogP contribution in [0, 0.1) is 0 Å². The fourth-order valence-electron chi connectivity index (χ4n) is 2.73. The summed E-state index contributed by atoms with van der Waals surface area (Å²) < 4.78 is 91.2. The Labute approximate surface area is 172 Å². The molecule has 5 nitrogen and oxygen atoms in total. The van der Waals surface area contributed by atoms with E-state index in [4.69, 9.17) is 4.74 Å². The van der Waals surface area contributed by atoms with Gasteiger partial charge in [-0.2, -0.15) is 8.78 Å². The zero-order valence-corrected chi connectivity index (χ0v) is 17.6. The Morgan fingerprint density at radius 2 is 1.43 bits per heavy atom. The molecule has 0 aromatic heterocycles. The molecule has 0 N–H and O–H groups in total. The Hall–Kier alpha value is -1.68. The average molecular weight is 449 g/mol. The second-order valence-electron chi connectivity index (χ2n) is 8.20. The molecule has 0 saturated carbocycles. The van der Waals surface area contributed by atoms with E-state index >= 15 is 0 Å². The Balaban J connectivity index is 2.58. The van der Waals surface area contributed by atoms with Gasteiger partial charge in [0.25, 0.3) is 11.8 Å². The number of ether oxygens (including phenoxy) is 2. The van der Waals surface area contributed by atoms with E-state index in [2.05, 4.69) is 4.74 Å². The van der Waals surface area contributed by atoms with Crippen molar-refractivity contribution in [2.24, 2.45) is 0 Å². The first kappa shape index (κ1) is 26.4. The molecule has 0 bridgehead atoms. The molecule has 0 unspecified atom stereocenters. The predicted molar refractivity (Wildman–Crippen MR) is 95.9 cm³/mol. The van der Waals surface area contributed by atoms with Gasteiger partial charge < -0.3 is 14.4 Å². The first-order valence-corrected chi connectivity index (χ1v) is 9.85. The summed E-state index contributed by atoms with van der Waals surface area (Å²) in [5.41, 5.74) is -0.678. The highest BCUT2D eigenvalue weighted by Crippen LogP contribution is 2.40. The maximum Gasteiger partial charge on any atom is 0.410 e. The molecule has 30 heavy (non-hydrogen) atoms. The minimum absolute atomic E-state index is 0.0216. The third-order valence-electron chi connectivity index (χ3n) is 5.00. The predicted octanol–water partition coefficient (Wildman–Crippen LogP) is 5.42. The van der Waals surface area contributed by atoms with Gasteiger partial charge in [-0.15, -0.1) is 0 Å². The number of esters is 1. The summed E-state index contributed by atoms with van der Waals surface area (Å²) in [7, 11) is 0. The Morgan fingerprint density at radius 1 is 0.900 bits per heavy atom. The number of carbonyl (C=O) groups is 2. The number of alkyl halides is 6. The molecular weight excluding hydrogens is 420 g/mol. The van der Waals surface area contributed by atoms with Gasteiger partial charge in [0.15, 0.2) is 0 Å². The van der Waals surface area contributed by atoms with E-state index in [1.807, 2.05) is 6.92 Å². The lowest BCUT2D eigenvalue weighted by Gasteiger charge is -2.34. The number of halogens is 6. The first-order chi connectivity index (χ1) is 13.5. The van der Waals surface area contributed by atoms with Crippen LogP contribution in [0.2, 0.25) is 0 Å². The largest absolute Gasteiger partial charge is 0.458 e. The minimum atomic E-state index is -4.62. The van der Waals surface area contributed by atoms with E-state index in [1.165, 1.54) is 4.90 Å². The first-order valence-electron chi connectivity index (χ1n) is 9.85. The number of carbonyl (C=O) groups excluding carboxylic acids is 2. The normalized spacial score (nSPS) is 17.1. The SMILES string of the molecule is CCC(F)(F)CC(F)(F)CC(F)(F)C(=O)OC1CCN(C(=O)OC(C)(C)CC)CC1. The van der Waals surface area contributed by atoms with Crippen molar-refractivity contribution in [3.8, 4) is 0 Å². The van der Waals surface area contributed by atoms with Crippen LogP contribution in [-0.2, 0) is 14.3 Å². The zero-order valence-electron chi connectivity index (χ0n) is 17.6. The van der Waals surface area contributed by atoms with Crippen LogP contribution < -0.4 is 0 Å². The summed E-state index contributed by atoms with van der Waals surface area (Å²) in [6.07, 6.45) is -6.33. The van der Waals surface area contributed by atoms with Gasteiger partial charge in [0.05, 0.1) is 12.8 Å². The van der Waals surface area contributed by atoms with Crippen LogP contribution in [-0.4, -0.2) is 59.5 Å². The molecule has 0 atom stereocenters. The summed E-state index contributed by atoms with van der Waals surface area (Å²) >= 11 is 0. The quantitative estimate of drug-likeness (QED) is 0.349. The van der Waals surface area contributed by atoms with Gasteiger partial charge in [-0.3, -0.25) is 0 Å². The highest BCUT2D eigenvalue weighted by molar-refractivity contribution is 5.77. The molecule has 176 valence electrons. The summed E-state index contributed by atoms with van der Waals surface area (Å²) in [5.74, 6) is -15.1. The van der Waals surface area contributed by atoms with Gasteiger partial charge in [0.2, 0.25) is 0 Å². The lowest BCUT2D eigenvalue weighted by molar-refractivity contribution is -0.198. The molecule has 1 heterocycles. The minimum Gasteiger partial charge on any atom is -0.458 e. The monoisotopic (exact) mass is 449 g/mol. The number of likely N-dealkylation sites (tertiary alicyclic amines) is 1. The van der Waals surface area contributed by atoms with E-state index in [0.29, 0.717) is 6.42 Å². The van der Waals surface area contributed by atoms with Gasteiger partial charge >= 0.3 is 18.0 Å². The third-order valence-corrected chi connectivity index (χ3v) is 5.00. The highest BCUT2D eigenvalue weighted by atomic mass is 19.3. The molecule has 1 fully saturated rings. The van der Waals surface area contributed by atoms with Gasteiger partial charge in [0.1, 0.15) is 11.7 Å². The second kappa shape index (κ2) is 9.64. The van der Waals surface area contributed by atoms with Crippen LogP contribution in [0.15, 0.2) is 0 Å². The fourth-order valence-corrected chi connectivity index (χ4v) is 2.73. The molecule has 1 saturated heterocycles. The molecule has 11 heteroatoms. The molecule has 0 aromatic carbocycles. The van der Waals surface area contributed by atoms with Crippen LogP contribution in [0.5, 0.6) is 0 Å². The topological polar surface area (TPSA) is 55.8 Å². The Bertz CT molecular complexity index is 604. The Kier molecular flexibility index (Phi) is 8.46. The third kappa shape index (κ3) is 8.22. The molecule has 0 aliphatic carbocycles. The van der Waals surface area contributed by atoms with Crippen LogP contribution in [0.1, 0.15) is 66.2 Å². The van der Waals surface area contributed by atoms with Crippen molar-refractivity contribution in [2.45, 2.75) is 95.7 Å². The molecule has 1 aliphatic heterocycles. The molecule has 0 aromatic rings. The number of piperidine rings is 1. The van der Waals surface area contributed by atoms with Crippen LogP contribution in [0.3, 0.4) is 0 Å².